The number of halogens is 1. The summed E-state index contributed by atoms with van der Waals surface area (Å²) in [7, 11) is 0. The summed E-state index contributed by atoms with van der Waals surface area (Å²) in [6.07, 6.45) is -0.665. The van der Waals surface area contributed by atoms with E-state index in [0.29, 0.717) is 22.6 Å². The van der Waals surface area contributed by atoms with Crippen LogP contribution in [0.15, 0.2) is 40.9 Å². The Labute approximate surface area is 126 Å². The molecule has 0 aliphatic rings. The maximum atomic E-state index is 9.78. The lowest BCUT2D eigenvalue weighted by molar-refractivity contribution is 0.195. The fourth-order valence-corrected chi connectivity index (χ4v) is 2.42. The van der Waals surface area contributed by atoms with Crippen molar-refractivity contribution in [3.63, 3.8) is 0 Å². The SMILES string of the molecule is Cc1ccc(Oc2cc(C#N)ccc2C(C)O)c(Br)c1. The zero-order valence-corrected chi connectivity index (χ0v) is 12.8. The van der Waals surface area contributed by atoms with Gasteiger partial charge < -0.3 is 9.84 Å². The van der Waals surface area contributed by atoms with E-state index in [2.05, 4.69) is 22.0 Å². The van der Waals surface area contributed by atoms with Crippen LogP contribution in [0, 0.1) is 18.3 Å². The zero-order valence-electron chi connectivity index (χ0n) is 11.2. The highest BCUT2D eigenvalue weighted by molar-refractivity contribution is 9.10. The predicted molar refractivity (Wildman–Crippen MR) is 80.7 cm³/mol. The van der Waals surface area contributed by atoms with Crippen LogP contribution in [0.5, 0.6) is 11.5 Å². The maximum Gasteiger partial charge on any atom is 0.141 e. The van der Waals surface area contributed by atoms with Gasteiger partial charge >= 0.3 is 0 Å². The third kappa shape index (κ3) is 3.19. The number of aryl methyl sites for hydroxylation is 1. The Hall–Kier alpha value is -1.83. The molecule has 0 aliphatic heterocycles. The Kier molecular flexibility index (Phi) is 4.43. The van der Waals surface area contributed by atoms with E-state index < -0.39 is 6.10 Å². The van der Waals surface area contributed by atoms with Gasteiger partial charge in [-0.05, 0) is 59.6 Å². The zero-order chi connectivity index (χ0) is 14.7. The van der Waals surface area contributed by atoms with Crippen molar-refractivity contribution in [1.82, 2.24) is 0 Å². The predicted octanol–water partition coefficient (Wildman–Crippen LogP) is 4.47. The lowest BCUT2D eigenvalue weighted by atomic mass is 10.1. The molecule has 0 aromatic heterocycles. The van der Waals surface area contributed by atoms with Crippen LogP contribution in [0.4, 0.5) is 0 Å². The normalized spacial score (nSPS) is 11.8. The van der Waals surface area contributed by atoms with Crippen molar-refractivity contribution in [2.45, 2.75) is 20.0 Å². The Bertz CT molecular complexity index is 675. The van der Waals surface area contributed by atoms with E-state index in [4.69, 9.17) is 10.00 Å². The van der Waals surface area contributed by atoms with Gasteiger partial charge in [0.25, 0.3) is 0 Å². The molecule has 0 saturated carbocycles. The summed E-state index contributed by atoms with van der Waals surface area (Å²) in [4.78, 5) is 0. The van der Waals surface area contributed by atoms with Gasteiger partial charge in [-0.25, -0.2) is 0 Å². The first-order valence-corrected chi connectivity index (χ1v) is 6.96. The van der Waals surface area contributed by atoms with Gasteiger partial charge in [-0.1, -0.05) is 12.1 Å². The van der Waals surface area contributed by atoms with E-state index in [1.54, 1.807) is 25.1 Å². The molecule has 4 heteroatoms. The van der Waals surface area contributed by atoms with Crippen LogP contribution < -0.4 is 4.74 Å². The third-order valence-corrected chi connectivity index (χ3v) is 3.52. The molecule has 1 N–H and O–H groups in total. The maximum absolute atomic E-state index is 9.78. The average molecular weight is 332 g/mol. The van der Waals surface area contributed by atoms with Crippen LogP contribution in [0.3, 0.4) is 0 Å². The summed E-state index contributed by atoms with van der Waals surface area (Å²) in [5, 5.41) is 18.8. The van der Waals surface area contributed by atoms with Gasteiger partial charge in [0.15, 0.2) is 0 Å². The van der Waals surface area contributed by atoms with E-state index in [1.165, 1.54) is 0 Å². The van der Waals surface area contributed by atoms with Crippen molar-refractivity contribution in [3.05, 3.63) is 57.6 Å². The molecule has 0 radical (unpaired) electrons. The van der Waals surface area contributed by atoms with Crippen LogP contribution in [0.2, 0.25) is 0 Å². The molecule has 0 spiro atoms. The number of hydrogen-bond donors (Lipinski definition) is 1. The van der Waals surface area contributed by atoms with E-state index in [0.717, 1.165) is 10.0 Å². The highest BCUT2D eigenvalue weighted by Crippen LogP contribution is 2.34. The summed E-state index contributed by atoms with van der Waals surface area (Å²) in [5.74, 6) is 1.14. The van der Waals surface area contributed by atoms with E-state index in [-0.39, 0.29) is 0 Å². The van der Waals surface area contributed by atoms with Crippen LogP contribution in [-0.2, 0) is 0 Å². The second kappa shape index (κ2) is 6.08. The largest absolute Gasteiger partial charge is 0.456 e. The number of hydrogen-bond acceptors (Lipinski definition) is 3. The Morgan fingerprint density at radius 3 is 2.55 bits per heavy atom. The summed E-state index contributed by atoms with van der Waals surface area (Å²) >= 11 is 3.45. The number of ether oxygens (including phenoxy) is 1. The molecular weight excluding hydrogens is 318 g/mol. The van der Waals surface area contributed by atoms with Gasteiger partial charge in [0.2, 0.25) is 0 Å². The summed E-state index contributed by atoms with van der Waals surface area (Å²) in [5.41, 5.74) is 2.26. The molecule has 0 saturated heterocycles. The molecular formula is C16H14BrNO2. The first kappa shape index (κ1) is 14.6. The second-order valence-corrected chi connectivity index (χ2v) is 5.43. The van der Waals surface area contributed by atoms with Crippen molar-refractivity contribution < 1.29 is 9.84 Å². The average Bonchev–Trinajstić information content (AvgIpc) is 2.41. The van der Waals surface area contributed by atoms with Gasteiger partial charge in [-0.15, -0.1) is 0 Å². The first-order chi connectivity index (χ1) is 9.51. The molecule has 2 aromatic carbocycles. The van der Waals surface area contributed by atoms with E-state index in [9.17, 15) is 5.11 Å². The molecule has 0 aliphatic carbocycles. The minimum absolute atomic E-state index is 0.489. The topological polar surface area (TPSA) is 53.2 Å². The standard InChI is InChI=1S/C16H14BrNO2/c1-10-3-6-15(14(17)7-10)20-16-8-12(9-18)4-5-13(16)11(2)19/h3-8,11,19H,1-2H3. The number of nitriles is 1. The van der Waals surface area contributed by atoms with E-state index >= 15 is 0 Å². The van der Waals surface area contributed by atoms with Gasteiger partial charge in [0, 0.05) is 5.56 Å². The summed E-state index contributed by atoms with van der Waals surface area (Å²) in [6.45, 7) is 3.66. The molecule has 1 atom stereocenters. The van der Waals surface area contributed by atoms with Crippen molar-refractivity contribution >= 4 is 15.9 Å². The van der Waals surface area contributed by atoms with Crippen LogP contribution in [0.1, 0.15) is 29.7 Å². The molecule has 20 heavy (non-hydrogen) atoms. The fraction of sp³-hybridized carbons (Fsp3) is 0.188. The molecule has 102 valence electrons. The van der Waals surface area contributed by atoms with Gasteiger partial charge in [0.1, 0.15) is 11.5 Å². The summed E-state index contributed by atoms with van der Waals surface area (Å²) < 4.78 is 6.67. The van der Waals surface area contributed by atoms with Crippen LogP contribution in [0.25, 0.3) is 0 Å². The van der Waals surface area contributed by atoms with Gasteiger partial charge in [-0.2, -0.15) is 5.26 Å². The minimum Gasteiger partial charge on any atom is -0.456 e. The van der Waals surface area contributed by atoms with Crippen molar-refractivity contribution in [2.24, 2.45) is 0 Å². The van der Waals surface area contributed by atoms with Crippen molar-refractivity contribution in [2.75, 3.05) is 0 Å². The lowest BCUT2D eigenvalue weighted by Gasteiger charge is -2.14. The van der Waals surface area contributed by atoms with Crippen molar-refractivity contribution in [1.29, 1.82) is 5.26 Å². The van der Waals surface area contributed by atoms with Crippen LogP contribution >= 0.6 is 15.9 Å². The quantitative estimate of drug-likeness (QED) is 0.902. The lowest BCUT2D eigenvalue weighted by Crippen LogP contribution is -1.97. The molecule has 0 bridgehead atoms. The molecule has 0 amide bonds. The molecule has 3 nitrogen and oxygen atoms in total. The van der Waals surface area contributed by atoms with Gasteiger partial charge in [-0.3, -0.25) is 0 Å². The highest BCUT2D eigenvalue weighted by Gasteiger charge is 2.12. The molecule has 0 fully saturated rings. The summed E-state index contributed by atoms with van der Waals surface area (Å²) in [6, 6.07) is 12.8. The number of aliphatic hydroxyl groups is 1. The number of aliphatic hydroxyl groups excluding tert-OH is 1. The van der Waals surface area contributed by atoms with E-state index in [1.807, 2.05) is 25.1 Å². The first-order valence-electron chi connectivity index (χ1n) is 6.17. The third-order valence-electron chi connectivity index (χ3n) is 2.90. The highest BCUT2D eigenvalue weighted by atomic mass is 79.9. The Morgan fingerprint density at radius 2 is 1.95 bits per heavy atom. The second-order valence-electron chi connectivity index (χ2n) is 4.58. The Morgan fingerprint density at radius 1 is 1.20 bits per heavy atom. The molecule has 1 unspecified atom stereocenters. The number of rotatable bonds is 3. The monoisotopic (exact) mass is 331 g/mol. The van der Waals surface area contributed by atoms with Crippen LogP contribution in [-0.4, -0.2) is 5.11 Å². The molecule has 0 heterocycles. The number of benzene rings is 2. The fourth-order valence-electron chi connectivity index (χ4n) is 1.84. The molecule has 2 aromatic rings. The molecule has 2 rings (SSSR count). The van der Waals surface area contributed by atoms with Gasteiger partial charge in [0.05, 0.1) is 22.2 Å². The smallest absolute Gasteiger partial charge is 0.141 e. The Balaban J connectivity index is 2.43. The minimum atomic E-state index is -0.665. The number of nitrogens with zero attached hydrogens (tertiary/aromatic N) is 1. The van der Waals surface area contributed by atoms with Crippen molar-refractivity contribution in [3.8, 4) is 17.6 Å².